The van der Waals surface area contributed by atoms with Crippen LogP contribution in [0.1, 0.15) is 27.0 Å². The Morgan fingerprint density at radius 2 is 1.67 bits per heavy atom. The van der Waals surface area contributed by atoms with Crippen molar-refractivity contribution in [3.05, 3.63) is 106 Å². The molecule has 0 atom stereocenters. The maximum Gasteiger partial charge on any atom is 0.251 e. The Morgan fingerprint density at radius 3 is 2.40 bits per heavy atom. The molecule has 3 aromatic carbocycles. The molecule has 1 heterocycles. The van der Waals surface area contributed by atoms with Crippen LogP contribution in [-0.4, -0.2) is 17.4 Å². The summed E-state index contributed by atoms with van der Waals surface area (Å²) in [6.45, 7) is 0.489. The summed E-state index contributed by atoms with van der Waals surface area (Å²) >= 11 is 6.07. The lowest BCUT2D eigenvalue weighted by Gasteiger charge is -2.07. The number of fused-ring (bicyclic) bond motifs is 1. The molecule has 1 aromatic heterocycles. The number of halogens is 3. The van der Waals surface area contributed by atoms with Gasteiger partial charge in [-0.25, -0.2) is 8.78 Å². The first-order valence-electron chi connectivity index (χ1n) is 9.55. The number of hydrogen-bond acceptors (Lipinski definition) is 1. The highest BCUT2D eigenvalue weighted by molar-refractivity contribution is 6.31. The third-order valence-corrected chi connectivity index (χ3v) is 5.19. The van der Waals surface area contributed by atoms with Gasteiger partial charge < -0.3 is 10.3 Å². The molecule has 0 unspecified atom stereocenters. The summed E-state index contributed by atoms with van der Waals surface area (Å²) < 4.78 is 26.7. The van der Waals surface area contributed by atoms with Crippen molar-refractivity contribution >= 4 is 28.4 Å². The van der Waals surface area contributed by atoms with Crippen LogP contribution in [0, 0.1) is 11.6 Å². The SMILES string of the molecule is O=C(NCCc1c[nH]c2ccc(Cl)cc12)c1ccc(Cc2cc(F)cc(F)c2)cc1. The van der Waals surface area contributed by atoms with Gasteiger partial charge in [0.05, 0.1) is 0 Å². The molecule has 3 nitrogen and oxygen atoms in total. The molecule has 4 aromatic rings. The van der Waals surface area contributed by atoms with Crippen molar-refractivity contribution in [3.8, 4) is 0 Å². The Morgan fingerprint density at radius 1 is 0.933 bits per heavy atom. The Labute approximate surface area is 177 Å². The molecule has 4 rings (SSSR count). The van der Waals surface area contributed by atoms with E-state index in [1.165, 1.54) is 12.1 Å². The van der Waals surface area contributed by atoms with Crippen LogP contribution >= 0.6 is 11.6 Å². The van der Waals surface area contributed by atoms with Gasteiger partial charge in [-0.1, -0.05) is 23.7 Å². The van der Waals surface area contributed by atoms with E-state index in [0.29, 0.717) is 35.5 Å². The van der Waals surface area contributed by atoms with Gasteiger partial charge in [0.25, 0.3) is 5.91 Å². The minimum absolute atomic E-state index is 0.170. The van der Waals surface area contributed by atoms with E-state index in [0.717, 1.165) is 28.1 Å². The summed E-state index contributed by atoms with van der Waals surface area (Å²) in [5, 5.41) is 4.64. The predicted molar refractivity (Wildman–Crippen MR) is 115 cm³/mol. The zero-order valence-electron chi connectivity index (χ0n) is 16.0. The van der Waals surface area contributed by atoms with Crippen LogP contribution in [0.25, 0.3) is 10.9 Å². The first-order chi connectivity index (χ1) is 14.5. The fraction of sp³-hybridized carbons (Fsp3) is 0.125. The number of carbonyl (C=O) groups is 1. The van der Waals surface area contributed by atoms with Crippen molar-refractivity contribution in [2.75, 3.05) is 6.54 Å². The molecule has 0 aliphatic heterocycles. The molecule has 0 spiro atoms. The largest absolute Gasteiger partial charge is 0.361 e. The normalized spacial score (nSPS) is 11.0. The average Bonchev–Trinajstić information content (AvgIpc) is 3.10. The molecule has 1 amide bonds. The number of aromatic nitrogens is 1. The topological polar surface area (TPSA) is 44.9 Å². The summed E-state index contributed by atoms with van der Waals surface area (Å²) in [6, 6.07) is 16.1. The summed E-state index contributed by atoms with van der Waals surface area (Å²) in [6.07, 6.45) is 2.99. The van der Waals surface area contributed by atoms with E-state index in [1.807, 2.05) is 24.4 Å². The van der Waals surface area contributed by atoms with Gasteiger partial charge in [-0.2, -0.15) is 0 Å². The number of H-pyrrole nitrogens is 1. The number of hydrogen-bond donors (Lipinski definition) is 2. The molecule has 152 valence electrons. The predicted octanol–water partition coefficient (Wildman–Crippen LogP) is 5.66. The highest BCUT2D eigenvalue weighted by atomic mass is 35.5. The molecule has 0 aliphatic carbocycles. The molecule has 0 saturated carbocycles. The van der Waals surface area contributed by atoms with Crippen LogP contribution in [0.2, 0.25) is 5.02 Å². The molecule has 30 heavy (non-hydrogen) atoms. The van der Waals surface area contributed by atoms with Crippen LogP contribution in [0.15, 0.2) is 66.9 Å². The summed E-state index contributed by atoms with van der Waals surface area (Å²) in [4.78, 5) is 15.6. The fourth-order valence-corrected chi connectivity index (χ4v) is 3.67. The van der Waals surface area contributed by atoms with Crippen molar-refractivity contribution in [2.24, 2.45) is 0 Å². The van der Waals surface area contributed by atoms with Crippen LogP contribution in [0.3, 0.4) is 0 Å². The number of aromatic amines is 1. The Hall–Kier alpha value is -3.18. The second kappa shape index (κ2) is 8.67. The zero-order chi connectivity index (χ0) is 21.1. The molecule has 0 saturated heterocycles. The van der Waals surface area contributed by atoms with Crippen LogP contribution < -0.4 is 5.32 Å². The van der Waals surface area contributed by atoms with Crippen molar-refractivity contribution in [1.82, 2.24) is 10.3 Å². The van der Waals surface area contributed by atoms with Crippen LogP contribution in [0.5, 0.6) is 0 Å². The number of amides is 1. The van der Waals surface area contributed by atoms with Crippen LogP contribution in [-0.2, 0) is 12.8 Å². The van der Waals surface area contributed by atoms with Gasteiger partial charge in [-0.05, 0) is 72.0 Å². The maximum atomic E-state index is 13.3. The number of carbonyl (C=O) groups excluding carboxylic acids is 1. The number of benzene rings is 3. The fourth-order valence-electron chi connectivity index (χ4n) is 3.49. The monoisotopic (exact) mass is 424 g/mol. The first kappa shape index (κ1) is 20.1. The smallest absolute Gasteiger partial charge is 0.251 e. The van der Waals surface area contributed by atoms with E-state index in [1.54, 1.807) is 24.3 Å². The summed E-state index contributed by atoms with van der Waals surface area (Å²) in [7, 11) is 0. The van der Waals surface area contributed by atoms with E-state index in [2.05, 4.69) is 10.3 Å². The van der Waals surface area contributed by atoms with Gasteiger partial charge >= 0.3 is 0 Å². The maximum absolute atomic E-state index is 13.3. The molecule has 0 radical (unpaired) electrons. The molecule has 2 N–H and O–H groups in total. The first-order valence-corrected chi connectivity index (χ1v) is 9.93. The number of nitrogens with one attached hydrogen (secondary N) is 2. The Balaban J connectivity index is 1.35. The van der Waals surface area contributed by atoms with E-state index in [9.17, 15) is 13.6 Å². The lowest BCUT2D eigenvalue weighted by atomic mass is 10.0. The highest BCUT2D eigenvalue weighted by Crippen LogP contribution is 2.22. The van der Waals surface area contributed by atoms with E-state index >= 15 is 0 Å². The third kappa shape index (κ3) is 4.69. The van der Waals surface area contributed by atoms with Crippen molar-refractivity contribution in [2.45, 2.75) is 12.8 Å². The average molecular weight is 425 g/mol. The van der Waals surface area contributed by atoms with Gasteiger partial charge in [-0.15, -0.1) is 0 Å². The molecular weight excluding hydrogens is 406 g/mol. The molecular formula is C24H19ClF2N2O. The zero-order valence-corrected chi connectivity index (χ0v) is 16.8. The molecule has 0 bridgehead atoms. The van der Waals surface area contributed by atoms with Gasteiger partial charge in [0, 0.05) is 40.3 Å². The minimum Gasteiger partial charge on any atom is -0.361 e. The van der Waals surface area contributed by atoms with Gasteiger partial charge in [0.2, 0.25) is 0 Å². The van der Waals surface area contributed by atoms with Crippen molar-refractivity contribution < 1.29 is 13.6 Å². The van der Waals surface area contributed by atoms with E-state index in [-0.39, 0.29) is 5.91 Å². The third-order valence-electron chi connectivity index (χ3n) is 4.96. The van der Waals surface area contributed by atoms with Crippen molar-refractivity contribution in [1.29, 1.82) is 0 Å². The minimum atomic E-state index is -0.599. The second-order valence-corrected chi connectivity index (χ2v) is 7.60. The standard InChI is InChI=1S/C24H19ClF2N2O/c25-19-5-6-23-22(12-19)18(14-29-23)7-8-28-24(30)17-3-1-15(2-4-17)9-16-10-20(26)13-21(27)11-16/h1-6,10-14,29H,7-9H2,(H,28,30). The second-order valence-electron chi connectivity index (χ2n) is 7.16. The lowest BCUT2D eigenvalue weighted by molar-refractivity contribution is 0.0954. The highest BCUT2D eigenvalue weighted by Gasteiger charge is 2.08. The van der Waals surface area contributed by atoms with E-state index in [4.69, 9.17) is 11.6 Å². The van der Waals surface area contributed by atoms with Gasteiger partial charge in [-0.3, -0.25) is 4.79 Å². The lowest BCUT2D eigenvalue weighted by Crippen LogP contribution is -2.25. The number of rotatable bonds is 6. The Kier molecular flexibility index (Phi) is 5.81. The Bertz CT molecular complexity index is 1180. The van der Waals surface area contributed by atoms with Crippen molar-refractivity contribution in [3.63, 3.8) is 0 Å². The molecule has 0 aliphatic rings. The quantitative estimate of drug-likeness (QED) is 0.412. The summed E-state index contributed by atoms with van der Waals surface area (Å²) in [5.41, 5.74) is 4.04. The molecule has 6 heteroatoms. The molecule has 0 fully saturated rings. The summed E-state index contributed by atoms with van der Waals surface area (Å²) in [5.74, 6) is -1.37. The van der Waals surface area contributed by atoms with Gasteiger partial charge in [0.15, 0.2) is 0 Å². The van der Waals surface area contributed by atoms with Crippen LogP contribution in [0.4, 0.5) is 8.78 Å². The van der Waals surface area contributed by atoms with Gasteiger partial charge in [0.1, 0.15) is 11.6 Å². The van der Waals surface area contributed by atoms with E-state index < -0.39 is 11.6 Å².